The zero-order valence-corrected chi connectivity index (χ0v) is 10.7. The van der Waals surface area contributed by atoms with E-state index < -0.39 is 11.5 Å². The van der Waals surface area contributed by atoms with Crippen molar-refractivity contribution in [1.29, 1.82) is 0 Å². The Morgan fingerprint density at radius 1 is 1.31 bits per heavy atom. The summed E-state index contributed by atoms with van der Waals surface area (Å²) in [7, 11) is 0. The monoisotopic (exact) mass is 227 g/mol. The van der Waals surface area contributed by atoms with Crippen LogP contribution in [0.2, 0.25) is 0 Å². The molecule has 16 heavy (non-hydrogen) atoms. The summed E-state index contributed by atoms with van der Waals surface area (Å²) in [6, 6.07) is -0.433. The van der Waals surface area contributed by atoms with Gasteiger partial charge in [0.2, 0.25) is 5.91 Å². The van der Waals surface area contributed by atoms with Crippen molar-refractivity contribution in [1.82, 2.24) is 5.32 Å². The van der Waals surface area contributed by atoms with Gasteiger partial charge in [0.1, 0.15) is 0 Å². The van der Waals surface area contributed by atoms with Crippen molar-refractivity contribution in [3.05, 3.63) is 0 Å². The first-order chi connectivity index (χ1) is 7.17. The second-order valence-electron chi connectivity index (χ2n) is 5.94. The maximum atomic E-state index is 12.0. The lowest BCUT2D eigenvalue weighted by molar-refractivity contribution is -0.160. The topological polar surface area (TPSA) is 55.4 Å². The molecule has 0 bridgehead atoms. The normalized spacial score (nSPS) is 20.8. The van der Waals surface area contributed by atoms with Crippen molar-refractivity contribution >= 4 is 11.7 Å². The maximum absolute atomic E-state index is 12.0. The van der Waals surface area contributed by atoms with Gasteiger partial charge in [-0.1, -0.05) is 20.8 Å². The molecule has 1 aliphatic heterocycles. The number of rotatable bonds is 3. The molecular weight excluding hydrogens is 206 g/mol. The second-order valence-corrected chi connectivity index (χ2v) is 5.94. The van der Waals surface area contributed by atoms with E-state index >= 15 is 0 Å². The highest BCUT2D eigenvalue weighted by Crippen LogP contribution is 2.28. The predicted octanol–water partition coefficient (Wildman–Crippen LogP) is 1.14. The van der Waals surface area contributed by atoms with Crippen LogP contribution in [0, 0.1) is 10.8 Å². The van der Waals surface area contributed by atoms with E-state index in [-0.39, 0.29) is 17.1 Å². The molecule has 0 aromatic carbocycles. The van der Waals surface area contributed by atoms with E-state index in [0.29, 0.717) is 13.2 Å². The molecule has 1 N–H and O–H groups in total. The fourth-order valence-electron chi connectivity index (χ4n) is 1.77. The van der Waals surface area contributed by atoms with Crippen molar-refractivity contribution in [2.45, 2.75) is 40.7 Å². The quantitative estimate of drug-likeness (QED) is 0.786. The standard InChI is InChI=1S/C12H21NO3/c1-8(14)9(11(2,3)4)13-10(15)12(5)6-16-7-12/h9H,6-7H2,1-5H3,(H,13,15). The smallest absolute Gasteiger partial charge is 0.231 e. The molecule has 0 saturated carbocycles. The number of hydrogen-bond acceptors (Lipinski definition) is 3. The number of nitrogens with one attached hydrogen (secondary N) is 1. The lowest BCUT2D eigenvalue weighted by Gasteiger charge is -2.39. The molecule has 1 aliphatic rings. The predicted molar refractivity (Wildman–Crippen MR) is 61.0 cm³/mol. The summed E-state index contributed by atoms with van der Waals surface area (Å²) in [4.78, 5) is 23.5. The Hall–Kier alpha value is -0.900. The van der Waals surface area contributed by atoms with Gasteiger partial charge in [-0.2, -0.15) is 0 Å². The minimum absolute atomic E-state index is 0.00954. The zero-order valence-electron chi connectivity index (χ0n) is 10.7. The number of carbonyl (C=O) groups is 2. The highest BCUT2D eigenvalue weighted by atomic mass is 16.5. The summed E-state index contributed by atoms with van der Waals surface area (Å²) in [5, 5.41) is 2.83. The Bertz CT molecular complexity index is 300. The summed E-state index contributed by atoms with van der Waals surface area (Å²) < 4.78 is 5.04. The number of Topliss-reactive ketones (excluding diaryl/α,β-unsaturated/α-hetero) is 1. The first-order valence-electron chi connectivity index (χ1n) is 5.56. The van der Waals surface area contributed by atoms with E-state index in [9.17, 15) is 9.59 Å². The molecule has 92 valence electrons. The van der Waals surface area contributed by atoms with Crippen LogP contribution in [0.5, 0.6) is 0 Å². The summed E-state index contributed by atoms with van der Waals surface area (Å²) >= 11 is 0. The number of ketones is 1. The van der Waals surface area contributed by atoms with E-state index in [1.165, 1.54) is 6.92 Å². The molecule has 0 radical (unpaired) electrons. The van der Waals surface area contributed by atoms with E-state index in [1.807, 2.05) is 27.7 Å². The van der Waals surface area contributed by atoms with Gasteiger partial charge in [-0.05, 0) is 19.3 Å². The largest absolute Gasteiger partial charge is 0.379 e. The third-order valence-corrected chi connectivity index (χ3v) is 2.94. The van der Waals surface area contributed by atoms with Crippen LogP contribution >= 0.6 is 0 Å². The zero-order chi connectivity index (χ0) is 12.6. The van der Waals surface area contributed by atoms with Crippen LogP contribution in [0.1, 0.15) is 34.6 Å². The number of hydrogen-bond donors (Lipinski definition) is 1. The molecule has 1 unspecified atom stereocenters. The van der Waals surface area contributed by atoms with Gasteiger partial charge in [0.15, 0.2) is 5.78 Å². The third kappa shape index (κ3) is 2.61. The minimum Gasteiger partial charge on any atom is -0.379 e. The average molecular weight is 227 g/mol. The fourth-order valence-corrected chi connectivity index (χ4v) is 1.77. The Balaban J connectivity index is 2.69. The van der Waals surface area contributed by atoms with E-state index in [2.05, 4.69) is 5.32 Å². The average Bonchev–Trinajstić information content (AvgIpc) is 2.07. The van der Waals surface area contributed by atoms with Crippen molar-refractivity contribution in [2.75, 3.05) is 13.2 Å². The molecule has 1 rings (SSSR count). The molecule has 0 aromatic rings. The van der Waals surface area contributed by atoms with Gasteiger partial charge >= 0.3 is 0 Å². The second kappa shape index (κ2) is 4.17. The lowest BCUT2D eigenvalue weighted by atomic mass is 9.82. The summed E-state index contributed by atoms with van der Waals surface area (Å²) in [6.07, 6.45) is 0. The van der Waals surface area contributed by atoms with Crippen molar-refractivity contribution < 1.29 is 14.3 Å². The molecule has 1 saturated heterocycles. The Morgan fingerprint density at radius 2 is 1.81 bits per heavy atom. The van der Waals surface area contributed by atoms with Gasteiger partial charge in [0.25, 0.3) is 0 Å². The molecular formula is C12H21NO3. The van der Waals surface area contributed by atoms with Crippen LogP contribution < -0.4 is 5.32 Å². The van der Waals surface area contributed by atoms with Gasteiger partial charge in [0.05, 0.1) is 24.7 Å². The van der Waals surface area contributed by atoms with Crippen molar-refractivity contribution in [3.8, 4) is 0 Å². The molecule has 1 amide bonds. The molecule has 4 nitrogen and oxygen atoms in total. The highest BCUT2D eigenvalue weighted by Gasteiger charge is 2.43. The van der Waals surface area contributed by atoms with Crippen LogP contribution in [0.4, 0.5) is 0 Å². The van der Waals surface area contributed by atoms with E-state index in [1.54, 1.807) is 0 Å². The molecule has 1 atom stereocenters. The Labute approximate surface area is 96.7 Å². The van der Waals surface area contributed by atoms with Gasteiger partial charge in [-0.25, -0.2) is 0 Å². The van der Waals surface area contributed by atoms with Gasteiger partial charge in [-0.15, -0.1) is 0 Å². The van der Waals surface area contributed by atoms with Gasteiger partial charge in [0, 0.05) is 0 Å². The van der Waals surface area contributed by atoms with Crippen molar-refractivity contribution in [2.24, 2.45) is 10.8 Å². The molecule has 0 aliphatic carbocycles. The number of ether oxygens (including phenoxy) is 1. The summed E-state index contributed by atoms with van der Waals surface area (Å²) in [5.41, 5.74) is -0.721. The lowest BCUT2D eigenvalue weighted by Crippen LogP contribution is -2.58. The summed E-state index contributed by atoms with van der Waals surface area (Å²) in [6.45, 7) is 10.1. The molecule has 1 fully saturated rings. The Kier molecular flexibility index (Phi) is 3.43. The van der Waals surface area contributed by atoms with E-state index in [4.69, 9.17) is 4.74 Å². The van der Waals surface area contributed by atoms with Crippen LogP contribution in [-0.4, -0.2) is 30.9 Å². The Morgan fingerprint density at radius 3 is 2.06 bits per heavy atom. The molecule has 0 aromatic heterocycles. The fraction of sp³-hybridized carbons (Fsp3) is 0.833. The molecule has 0 spiro atoms. The van der Waals surface area contributed by atoms with Crippen LogP contribution in [0.15, 0.2) is 0 Å². The van der Waals surface area contributed by atoms with Crippen LogP contribution in [0.25, 0.3) is 0 Å². The highest BCUT2D eigenvalue weighted by molar-refractivity contribution is 5.90. The maximum Gasteiger partial charge on any atom is 0.231 e. The number of amides is 1. The molecule has 1 heterocycles. The van der Waals surface area contributed by atoms with Gasteiger partial charge in [-0.3, -0.25) is 9.59 Å². The number of carbonyl (C=O) groups excluding carboxylic acids is 2. The van der Waals surface area contributed by atoms with Gasteiger partial charge < -0.3 is 10.1 Å². The summed E-state index contributed by atoms with van der Waals surface area (Å²) in [5.74, 6) is -0.0985. The minimum atomic E-state index is -0.459. The van der Waals surface area contributed by atoms with Crippen LogP contribution in [0.3, 0.4) is 0 Å². The van der Waals surface area contributed by atoms with Crippen LogP contribution in [-0.2, 0) is 14.3 Å². The van der Waals surface area contributed by atoms with E-state index in [0.717, 1.165) is 0 Å². The third-order valence-electron chi connectivity index (χ3n) is 2.94. The van der Waals surface area contributed by atoms with Crippen molar-refractivity contribution in [3.63, 3.8) is 0 Å². The SMILES string of the molecule is CC(=O)C(NC(=O)C1(C)COC1)C(C)(C)C. The molecule has 4 heteroatoms. The first-order valence-corrected chi connectivity index (χ1v) is 5.56. The first kappa shape index (κ1) is 13.2.